The molecule has 0 unspecified atom stereocenters. The summed E-state index contributed by atoms with van der Waals surface area (Å²) in [5, 5.41) is 17.9. The SMILES string of the molecule is Cc1nnc(N2CC(NC(=O)c3ccn(C)n3)C2)c2ccccc12. The normalized spacial score (nSPS) is 14.7. The van der Waals surface area contributed by atoms with E-state index in [1.54, 1.807) is 24.0 Å². The van der Waals surface area contributed by atoms with Crippen LogP contribution < -0.4 is 10.2 Å². The molecule has 0 atom stereocenters. The summed E-state index contributed by atoms with van der Waals surface area (Å²) >= 11 is 0. The predicted molar refractivity (Wildman–Crippen MR) is 91.0 cm³/mol. The standard InChI is InChI=1S/C17H18N6O/c1-11-13-5-3-4-6-14(13)16(20-19-11)23-9-12(10-23)18-17(24)15-7-8-22(2)21-15/h3-8,12H,9-10H2,1-2H3,(H,18,24). The second kappa shape index (κ2) is 5.59. The van der Waals surface area contributed by atoms with E-state index in [1.165, 1.54) is 0 Å². The van der Waals surface area contributed by atoms with Crippen LogP contribution in [-0.2, 0) is 7.05 Å². The van der Waals surface area contributed by atoms with Crippen LogP contribution in [0.4, 0.5) is 5.82 Å². The number of hydrogen-bond acceptors (Lipinski definition) is 5. The zero-order chi connectivity index (χ0) is 16.7. The Bertz CT molecular complexity index is 912. The van der Waals surface area contributed by atoms with Crippen molar-refractivity contribution in [1.29, 1.82) is 0 Å². The Morgan fingerprint density at radius 1 is 1.17 bits per heavy atom. The molecule has 24 heavy (non-hydrogen) atoms. The van der Waals surface area contributed by atoms with Crippen molar-refractivity contribution in [3.63, 3.8) is 0 Å². The van der Waals surface area contributed by atoms with Gasteiger partial charge in [0, 0.05) is 37.1 Å². The van der Waals surface area contributed by atoms with E-state index in [9.17, 15) is 4.79 Å². The van der Waals surface area contributed by atoms with Crippen LogP contribution in [0.5, 0.6) is 0 Å². The van der Waals surface area contributed by atoms with E-state index < -0.39 is 0 Å². The van der Waals surface area contributed by atoms with Crippen LogP contribution in [0.3, 0.4) is 0 Å². The highest BCUT2D eigenvalue weighted by Crippen LogP contribution is 2.28. The molecule has 0 radical (unpaired) electrons. The van der Waals surface area contributed by atoms with Gasteiger partial charge in [0.25, 0.3) is 5.91 Å². The van der Waals surface area contributed by atoms with Gasteiger partial charge in [-0.15, -0.1) is 5.10 Å². The van der Waals surface area contributed by atoms with Gasteiger partial charge in [-0.3, -0.25) is 9.48 Å². The van der Waals surface area contributed by atoms with Crippen molar-refractivity contribution in [2.24, 2.45) is 7.05 Å². The topological polar surface area (TPSA) is 75.9 Å². The monoisotopic (exact) mass is 322 g/mol. The third-order valence-corrected chi connectivity index (χ3v) is 4.32. The number of nitrogens with zero attached hydrogens (tertiary/aromatic N) is 5. The molecule has 1 saturated heterocycles. The van der Waals surface area contributed by atoms with Crippen LogP contribution in [0.15, 0.2) is 36.5 Å². The number of hydrogen-bond donors (Lipinski definition) is 1. The van der Waals surface area contributed by atoms with Crippen LogP contribution in [0.25, 0.3) is 10.8 Å². The summed E-state index contributed by atoms with van der Waals surface area (Å²) in [4.78, 5) is 14.3. The molecule has 0 bridgehead atoms. The van der Waals surface area contributed by atoms with Gasteiger partial charge >= 0.3 is 0 Å². The zero-order valence-corrected chi connectivity index (χ0v) is 13.6. The Kier molecular flexibility index (Phi) is 3.41. The number of aromatic nitrogens is 4. The first-order valence-electron chi connectivity index (χ1n) is 7.89. The van der Waals surface area contributed by atoms with Crippen LogP contribution in [0.2, 0.25) is 0 Å². The molecule has 7 heteroatoms. The third kappa shape index (κ3) is 2.47. The minimum absolute atomic E-state index is 0.0985. The molecule has 2 aromatic heterocycles. The van der Waals surface area contributed by atoms with Crippen molar-refractivity contribution in [2.45, 2.75) is 13.0 Å². The minimum atomic E-state index is -0.139. The van der Waals surface area contributed by atoms with E-state index in [4.69, 9.17) is 0 Å². The van der Waals surface area contributed by atoms with Crippen LogP contribution in [0, 0.1) is 6.92 Å². The summed E-state index contributed by atoms with van der Waals surface area (Å²) in [6.45, 7) is 3.41. The molecule has 0 saturated carbocycles. The van der Waals surface area contributed by atoms with Crippen LogP contribution >= 0.6 is 0 Å². The molecule has 122 valence electrons. The predicted octanol–water partition coefficient (Wildman–Crippen LogP) is 1.29. The van der Waals surface area contributed by atoms with Gasteiger partial charge in [0.1, 0.15) is 5.69 Å². The van der Waals surface area contributed by atoms with E-state index in [2.05, 4.69) is 37.6 Å². The molecular formula is C17H18N6O. The van der Waals surface area contributed by atoms with Gasteiger partial charge in [-0.25, -0.2) is 0 Å². The maximum Gasteiger partial charge on any atom is 0.272 e. The van der Waals surface area contributed by atoms with Crippen molar-refractivity contribution in [2.75, 3.05) is 18.0 Å². The smallest absolute Gasteiger partial charge is 0.272 e. The van der Waals surface area contributed by atoms with Crippen LogP contribution in [0.1, 0.15) is 16.2 Å². The fourth-order valence-electron chi connectivity index (χ4n) is 3.00. The maximum atomic E-state index is 12.1. The molecule has 1 amide bonds. The van der Waals surface area contributed by atoms with Gasteiger partial charge in [-0.05, 0) is 13.0 Å². The third-order valence-electron chi connectivity index (χ3n) is 4.32. The highest BCUT2D eigenvalue weighted by Gasteiger charge is 2.31. The zero-order valence-electron chi connectivity index (χ0n) is 13.6. The summed E-state index contributed by atoms with van der Waals surface area (Å²) in [5.74, 6) is 0.736. The lowest BCUT2D eigenvalue weighted by atomic mass is 10.1. The number of fused-ring (bicyclic) bond motifs is 1. The molecule has 0 aliphatic carbocycles. The van der Waals surface area contributed by atoms with Crippen LogP contribution in [-0.4, -0.2) is 45.0 Å². The number of amides is 1. The van der Waals surface area contributed by atoms with Crippen molar-refractivity contribution in [3.8, 4) is 0 Å². The van der Waals surface area contributed by atoms with E-state index in [1.807, 2.05) is 19.1 Å². The molecule has 1 fully saturated rings. The average molecular weight is 322 g/mol. The fourth-order valence-corrected chi connectivity index (χ4v) is 3.00. The Morgan fingerprint density at radius 3 is 2.62 bits per heavy atom. The lowest BCUT2D eigenvalue weighted by Gasteiger charge is -2.40. The van der Waals surface area contributed by atoms with Crippen molar-refractivity contribution < 1.29 is 4.79 Å². The number of nitrogens with one attached hydrogen (secondary N) is 1. The van der Waals surface area contributed by atoms with Gasteiger partial charge in [-0.1, -0.05) is 24.3 Å². The fraction of sp³-hybridized carbons (Fsp3) is 0.294. The Hall–Kier alpha value is -2.96. The first kappa shape index (κ1) is 14.6. The first-order valence-corrected chi connectivity index (χ1v) is 7.89. The van der Waals surface area contributed by atoms with E-state index in [0.29, 0.717) is 5.69 Å². The molecule has 3 heterocycles. The van der Waals surface area contributed by atoms with Crippen molar-refractivity contribution in [1.82, 2.24) is 25.3 Å². The number of aryl methyl sites for hydroxylation is 2. The molecule has 3 aromatic rings. The largest absolute Gasteiger partial charge is 0.350 e. The summed E-state index contributed by atoms with van der Waals surface area (Å²) in [6.07, 6.45) is 1.76. The van der Waals surface area contributed by atoms with Gasteiger partial charge in [-0.2, -0.15) is 10.2 Å². The lowest BCUT2D eigenvalue weighted by molar-refractivity contribution is 0.0924. The highest BCUT2D eigenvalue weighted by molar-refractivity contribution is 5.94. The minimum Gasteiger partial charge on any atom is -0.350 e. The van der Waals surface area contributed by atoms with E-state index in [0.717, 1.165) is 35.4 Å². The number of carbonyl (C=O) groups excluding carboxylic acids is 1. The molecular weight excluding hydrogens is 304 g/mol. The number of rotatable bonds is 3. The second-order valence-electron chi connectivity index (χ2n) is 6.10. The molecule has 1 aromatic carbocycles. The second-order valence-corrected chi connectivity index (χ2v) is 6.10. The lowest BCUT2D eigenvalue weighted by Crippen LogP contribution is -2.59. The Morgan fingerprint density at radius 2 is 1.92 bits per heavy atom. The highest BCUT2D eigenvalue weighted by atomic mass is 16.2. The quantitative estimate of drug-likeness (QED) is 0.786. The van der Waals surface area contributed by atoms with E-state index >= 15 is 0 Å². The molecule has 0 spiro atoms. The number of benzene rings is 1. The first-order chi connectivity index (χ1) is 11.6. The van der Waals surface area contributed by atoms with Gasteiger partial charge in [0.2, 0.25) is 0 Å². The molecule has 1 N–H and O–H groups in total. The number of carbonyl (C=O) groups is 1. The molecule has 4 rings (SSSR count). The average Bonchev–Trinajstić information content (AvgIpc) is 2.98. The Balaban J connectivity index is 1.46. The number of anilines is 1. The maximum absolute atomic E-state index is 12.1. The van der Waals surface area contributed by atoms with Gasteiger partial charge < -0.3 is 10.2 Å². The van der Waals surface area contributed by atoms with Crippen molar-refractivity contribution in [3.05, 3.63) is 47.9 Å². The molecule has 7 nitrogen and oxygen atoms in total. The molecule has 1 aliphatic rings. The van der Waals surface area contributed by atoms with Gasteiger partial charge in [0.05, 0.1) is 11.7 Å². The summed E-state index contributed by atoms with van der Waals surface area (Å²) in [6, 6.07) is 9.95. The van der Waals surface area contributed by atoms with Gasteiger partial charge in [0.15, 0.2) is 5.82 Å². The summed E-state index contributed by atoms with van der Waals surface area (Å²) in [7, 11) is 1.79. The van der Waals surface area contributed by atoms with E-state index in [-0.39, 0.29) is 11.9 Å². The summed E-state index contributed by atoms with van der Waals surface area (Å²) in [5.41, 5.74) is 1.37. The summed E-state index contributed by atoms with van der Waals surface area (Å²) < 4.78 is 1.62. The molecule has 1 aliphatic heterocycles. The van der Waals surface area contributed by atoms with Crippen molar-refractivity contribution >= 4 is 22.5 Å². The Labute approximate surface area is 139 Å².